The molecule has 14 heavy (non-hydrogen) atoms. The lowest BCUT2D eigenvalue weighted by atomic mass is 10.1. The van der Waals surface area contributed by atoms with Crippen LogP contribution in [0, 0.1) is 0 Å². The van der Waals surface area contributed by atoms with E-state index in [0.717, 1.165) is 0 Å². The zero-order valence-corrected chi connectivity index (χ0v) is 9.58. The number of carbonyl (C=O) groups excluding carboxylic acids is 1. The van der Waals surface area contributed by atoms with Crippen LogP contribution in [-0.4, -0.2) is 23.2 Å². The van der Waals surface area contributed by atoms with E-state index in [1.807, 2.05) is 0 Å². The van der Waals surface area contributed by atoms with Gasteiger partial charge in [0.2, 0.25) is 0 Å². The maximum Gasteiger partial charge on any atom is 0.261 e. The number of amides is 1. The van der Waals surface area contributed by atoms with E-state index >= 15 is 0 Å². The summed E-state index contributed by atoms with van der Waals surface area (Å²) in [5.41, 5.74) is -0.892. The van der Waals surface area contributed by atoms with E-state index in [2.05, 4.69) is 5.32 Å². The van der Waals surface area contributed by atoms with E-state index in [1.54, 1.807) is 26.0 Å². The molecule has 0 aliphatic carbocycles. The molecule has 0 fully saturated rings. The summed E-state index contributed by atoms with van der Waals surface area (Å²) in [6.07, 6.45) is 0. The lowest BCUT2D eigenvalue weighted by molar-refractivity contribution is 0.0696. The van der Waals surface area contributed by atoms with Crippen LogP contribution in [0.2, 0.25) is 4.34 Å². The fourth-order valence-electron chi connectivity index (χ4n) is 0.820. The second-order valence-electron chi connectivity index (χ2n) is 3.60. The molecule has 1 aromatic rings. The predicted molar refractivity (Wildman–Crippen MR) is 58.0 cm³/mol. The second kappa shape index (κ2) is 4.29. The third-order valence-corrected chi connectivity index (χ3v) is 2.71. The minimum atomic E-state index is -0.892. The molecule has 1 rings (SSSR count). The van der Waals surface area contributed by atoms with Crippen LogP contribution in [0.1, 0.15) is 23.5 Å². The van der Waals surface area contributed by atoms with Crippen molar-refractivity contribution in [3.05, 3.63) is 21.3 Å². The van der Waals surface area contributed by atoms with Gasteiger partial charge in [-0.25, -0.2) is 0 Å². The Balaban J connectivity index is 2.52. The molecule has 0 spiro atoms. The van der Waals surface area contributed by atoms with Crippen molar-refractivity contribution in [1.82, 2.24) is 5.32 Å². The molecule has 1 heterocycles. The molecular formula is C9H12ClNO2S. The van der Waals surface area contributed by atoms with Crippen LogP contribution in [0.4, 0.5) is 0 Å². The van der Waals surface area contributed by atoms with E-state index in [4.69, 9.17) is 11.6 Å². The molecule has 2 N–H and O–H groups in total. The van der Waals surface area contributed by atoms with E-state index in [-0.39, 0.29) is 12.5 Å². The average molecular weight is 234 g/mol. The Morgan fingerprint density at radius 1 is 1.64 bits per heavy atom. The molecule has 0 aliphatic rings. The lowest BCUT2D eigenvalue weighted by Crippen LogP contribution is -2.37. The maximum absolute atomic E-state index is 11.4. The van der Waals surface area contributed by atoms with Gasteiger partial charge in [0, 0.05) is 6.54 Å². The van der Waals surface area contributed by atoms with Crippen molar-refractivity contribution in [3.8, 4) is 0 Å². The molecule has 3 nitrogen and oxygen atoms in total. The lowest BCUT2D eigenvalue weighted by Gasteiger charge is -2.16. The number of aliphatic hydroxyl groups is 1. The van der Waals surface area contributed by atoms with E-state index in [0.29, 0.717) is 9.21 Å². The fourth-order valence-corrected chi connectivity index (χ4v) is 1.78. The van der Waals surface area contributed by atoms with Gasteiger partial charge >= 0.3 is 0 Å². The molecule has 0 saturated heterocycles. The van der Waals surface area contributed by atoms with Crippen molar-refractivity contribution in [2.24, 2.45) is 0 Å². The van der Waals surface area contributed by atoms with Crippen LogP contribution in [0.3, 0.4) is 0 Å². The Kier molecular flexibility index (Phi) is 3.53. The molecule has 0 aromatic carbocycles. The van der Waals surface area contributed by atoms with Crippen LogP contribution in [0.5, 0.6) is 0 Å². The quantitative estimate of drug-likeness (QED) is 0.838. The minimum absolute atomic E-state index is 0.205. The Morgan fingerprint density at radius 2 is 2.29 bits per heavy atom. The molecule has 78 valence electrons. The van der Waals surface area contributed by atoms with Crippen molar-refractivity contribution >= 4 is 28.8 Å². The number of nitrogens with one attached hydrogen (secondary N) is 1. The Bertz CT molecular complexity index is 330. The van der Waals surface area contributed by atoms with E-state index in [1.165, 1.54) is 11.3 Å². The van der Waals surface area contributed by atoms with E-state index in [9.17, 15) is 9.90 Å². The number of thiophene rings is 1. The normalized spacial score (nSPS) is 11.4. The highest BCUT2D eigenvalue weighted by Gasteiger charge is 2.15. The molecule has 1 amide bonds. The number of hydrogen-bond acceptors (Lipinski definition) is 3. The first kappa shape index (κ1) is 11.5. The van der Waals surface area contributed by atoms with Crippen LogP contribution in [-0.2, 0) is 0 Å². The summed E-state index contributed by atoms with van der Waals surface area (Å²) < 4.78 is 0.582. The average Bonchev–Trinajstić information content (AvgIpc) is 2.46. The molecule has 0 saturated carbocycles. The van der Waals surface area contributed by atoms with Crippen LogP contribution in [0.25, 0.3) is 0 Å². The zero-order chi connectivity index (χ0) is 10.8. The number of rotatable bonds is 3. The molecule has 0 aliphatic heterocycles. The third kappa shape index (κ3) is 3.65. The van der Waals surface area contributed by atoms with E-state index < -0.39 is 5.60 Å². The zero-order valence-electron chi connectivity index (χ0n) is 8.00. The Hall–Kier alpha value is -0.580. The van der Waals surface area contributed by atoms with Crippen molar-refractivity contribution in [1.29, 1.82) is 0 Å². The van der Waals surface area contributed by atoms with Gasteiger partial charge in [0.25, 0.3) is 5.91 Å². The van der Waals surface area contributed by atoms with Gasteiger partial charge in [-0.05, 0) is 26.0 Å². The fraction of sp³-hybridized carbons (Fsp3) is 0.444. The van der Waals surface area contributed by atoms with Crippen LogP contribution >= 0.6 is 22.9 Å². The molecule has 0 unspecified atom stereocenters. The summed E-state index contributed by atoms with van der Waals surface area (Å²) in [4.78, 5) is 12.0. The van der Waals surface area contributed by atoms with Gasteiger partial charge < -0.3 is 10.4 Å². The maximum atomic E-state index is 11.4. The molecule has 1 aromatic heterocycles. The van der Waals surface area contributed by atoms with Gasteiger partial charge in [-0.1, -0.05) is 11.6 Å². The standard InChI is InChI=1S/C9H12ClNO2S/c1-9(2,13)5-11-8(12)6-3-4-7(10)14-6/h3-4,13H,5H2,1-2H3,(H,11,12). The smallest absolute Gasteiger partial charge is 0.261 e. The minimum Gasteiger partial charge on any atom is -0.389 e. The highest BCUT2D eigenvalue weighted by atomic mass is 35.5. The monoisotopic (exact) mass is 233 g/mol. The second-order valence-corrected chi connectivity index (χ2v) is 5.31. The van der Waals surface area contributed by atoms with Crippen molar-refractivity contribution in [2.45, 2.75) is 19.4 Å². The Labute approximate surface area is 91.7 Å². The van der Waals surface area contributed by atoms with Crippen molar-refractivity contribution < 1.29 is 9.90 Å². The third-order valence-electron chi connectivity index (χ3n) is 1.48. The van der Waals surface area contributed by atoms with Crippen molar-refractivity contribution in [3.63, 3.8) is 0 Å². The van der Waals surface area contributed by atoms with Crippen LogP contribution in [0.15, 0.2) is 12.1 Å². The van der Waals surface area contributed by atoms with Gasteiger partial charge in [0.05, 0.1) is 14.8 Å². The summed E-state index contributed by atoms with van der Waals surface area (Å²) in [7, 11) is 0. The highest BCUT2D eigenvalue weighted by molar-refractivity contribution is 7.17. The Morgan fingerprint density at radius 3 is 2.71 bits per heavy atom. The van der Waals surface area contributed by atoms with Gasteiger partial charge in [0.15, 0.2) is 0 Å². The first-order valence-corrected chi connectivity index (χ1v) is 5.34. The van der Waals surface area contributed by atoms with Crippen LogP contribution < -0.4 is 5.32 Å². The summed E-state index contributed by atoms with van der Waals surface area (Å²) in [6.45, 7) is 3.49. The van der Waals surface area contributed by atoms with Gasteiger partial charge in [0.1, 0.15) is 0 Å². The first-order chi connectivity index (χ1) is 6.38. The first-order valence-electron chi connectivity index (χ1n) is 4.14. The van der Waals surface area contributed by atoms with Gasteiger partial charge in [-0.3, -0.25) is 4.79 Å². The van der Waals surface area contributed by atoms with Crippen molar-refractivity contribution in [2.75, 3.05) is 6.54 Å². The summed E-state index contributed by atoms with van der Waals surface area (Å²) in [5, 5.41) is 12.0. The number of carbonyl (C=O) groups is 1. The largest absolute Gasteiger partial charge is 0.389 e. The van der Waals surface area contributed by atoms with Gasteiger partial charge in [-0.2, -0.15) is 0 Å². The number of halogens is 1. The molecular weight excluding hydrogens is 222 g/mol. The summed E-state index contributed by atoms with van der Waals surface area (Å²) >= 11 is 6.90. The summed E-state index contributed by atoms with van der Waals surface area (Å²) in [6, 6.07) is 3.33. The molecule has 5 heteroatoms. The molecule has 0 bridgehead atoms. The SMILES string of the molecule is CC(C)(O)CNC(=O)c1ccc(Cl)s1. The predicted octanol–water partition coefficient (Wildman–Crippen LogP) is 1.90. The number of hydrogen-bond donors (Lipinski definition) is 2. The molecule has 0 atom stereocenters. The summed E-state index contributed by atoms with van der Waals surface area (Å²) in [5.74, 6) is -0.205. The highest BCUT2D eigenvalue weighted by Crippen LogP contribution is 2.21. The van der Waals surface area contributed by atoms with Gasteiger partial charge in [-0.15, -0.1) is 11.3 Å². The molecule has 0 radical (unpaired) electrons. The topological polar surface area (TPSA) is 49.3 Å².